The molecule has 0 saturated heterocycles. The molecule has 5 heteroatoms. The molecule has 0 bridgehead atoms. The van der Waals surface area contributed by atoms with Crippen LogP contribution in [0.1, 0.15) is 5.56 Å². The van der Waals surface area contributed by atoms with E-state index >= 15 is 0 Å². The van der Waals surface area contributed by atoms with Crippen molar-refractivity contribution in [3.05, 3.63) is 52.3 Å². The number of hydrogen-bond donors (Lipinski definition) is 1. The standard InChI is InChI=1S/C17H23N3O2/c1-19(2)10-11-20-15(9-8-13(12-18)17(20)21)14-6-4-5-7-16(14)22-3/h4-9H,10-12,18H2,1-3H3. The third-order valence-electron chi connectivity index (χ3n) is 3.63. The van der Waals surface area contributed by atoms with Crippen LogP contribution >= 0.6 is 0 Å². The van der Waals surface area contributed by atoms with E-state index in [4.69, 9.17) is 10.5 Å². The van der Waals surface area contributed by atoms with Crippen molar-refractivity contribution in [2.24, 2.45) is 5.73 Å². The molecule has 118 valence electrons. The maximum atomic E-state index is 12.6. The van der Waals surface area contributed by atoms with Crippen LogP contribution in [0.2, 0.25) is 0 Å². The zero-order valence-corrected chi connectivity index (χ0v) is 13.4. The molecule has 0 aliphatic heterocycles. The van der Waals surface area contributed by atoms with Crippen LogP contribution in [0.4, 0.5) is 0 Å². The van der Waals surface area contributed by atoms with E-state index in [1.165, 1.54) is 0 Å². The summed E-state index contributed by atoms with van der Waals surface area (Å²) in [6.07, 6.45) is 0. The Balaban J connectivity index is 2.59. The van der Waals surface area contributed by atoms with E-state index in [0.29, 0.717) is 12.1 Å². The minimum absolute atomic E-state index is 0.0345. The molecule has 0 unspecified atom stereocenters. The van der Waals surface area contributed by atoms with Gasteiger partial charge in [0.25, 0.3) is 5.56 Å². The van der Waals surface area contributed by atoms with Crippen LogP contribution in [0.3, 0.4) is 0 Å². The first-order valence-corrected chi connectivity index (χ1v) is 7.29. The van der Waals surface area contributed by atoms with Crippen molar-refractivity contribution in [1.82, 2.24) is 9.47 Å². The number of likely N-dealkylation sites (N-methyl/N-ethyl adjacent to an activating group) is 1. The number of pyridine rings is 1. The van der Waals surface area contributed by atoms with Crippen molar-refractivity contribution in [3.63, 3.8) is 0 Å². The molecular formula is C17H23N3O2. The van der Waals surface area contributed by atoms with Gasteiger partial charge in [0, 0.05) is 30.8 Å². The average Bonchev–Trinajstić information content (AvgIpc) is 2.53. The summed E-state index contributed by atoms with van der Waals surface area (Å²) in [5, 5.41) is 0. The fraction of sp³-hybridized carbons (Fsp3) is 0.353. The summed E-state index contributed by atoms with van der Waals surface area (Å²) < 4.78 is 7.20. The molecule has 0 fully saturated rings. The van der Waals surface area contributed by atoms with Crippen LogP contribution in [0.15, 0.2) is 41.2 Å². The Morgan fingerprint density at radius 1 is 1.18 bits per heavy atom. The van der Waals surface area contributed by atoms with Crippen molar-refractivity contribution < 1.29 is 4.74 Å². The summed E-state index contributed by atoms with van der Waals surface area (Å²) in [6, 6.07) is 11.5. The van der Waals surface area contributed by atoms with E-state index in [9.17, 15) is 4.79 Å². The molecule has 1 aromatic carbocycles. The fourth-order valence-electron chi connectivity index (χ4n) is 2.39. The Morgan fingerprint density at radius 3 is 2.55 bits per heavy atom. The van der Waals surface area contributed by atoms with Crippen LogP contribution in [0.5, 0.6) is 5.75 Å². The van der Waals surface area contributed by atoms with Gasteiger partial charge >= 0.3 is 0 Å². The normalized spacial score (nSPS) is 11.0. The van der Waals surface area contributed by atoms with Gasteiger partial charge in [-0.2, -0.15) is 0 Å². The van der Waals surface area contributed by atoms with Crippen LogP contribution in [0, 0.1) is 0 Å². The summed E-state index contributed by atoms with van der Waals surface area (Å²) in [5.74, 6) is 0.751. The quantitative estimate of drug-likeness (QED) is 0.879. The van der Waals surface area contributed by atoms with E-state index < -0.39 is 0 Å². The summed E-state index contributed by atoms with van der Waals surface area (Å²) in [5.41, 5.74) is 8.02. The van der Waals surface area contributed by atoms with Crippen molar-refractivity contribution in [1.29, 1.82) is 0 Å². The average molecular weight is 301 g/mol. The van der Waals surface area contributed by atoms with Gasteiger partial charge in [-0.05, 0) is 32.3 Å². The molecular weight excluding hydrogens is 278 g/mol. The fourth-order valence-corrected chi connectivity index (χ4v) is 2.39. The third-order valence-corrected chi connectivity index (χ3v) is 3.63. The Bertz CT molecular complexity index is 693. The Labute approximate surface area is 130 Å². The first-order chi connectivity index (χ1) is 10.6. The van der Waals surface area contributed by atoms with Gasteiger partial charge in [0.1, 0.15) is 5.75 Å². The lowest BCUT2D eigenvalue weighted by atomic mass is 10.1. The van der Waals surface area contributed by atoms with Gasteiger partial charge in [0.15, 0.2) is 0 Å². The van der Waals surface area contributed by atoms with Crippen molar-refractivity contribution >= 4 is 0 Å². The monoisotopic (exact) mass is 301 g/mol. The first-order valence-electron chi connectivity index (χ1n) is 7.29. The molecule has 2 N–H and O–H groups in total. The highest BCUT2D eigenvalue weighted by molar-refractivity contribution is 5.67. The lowest BCUT2D eigenvalue weighted by Gasteiger charge is -2.18. The van der Waals surface area contributed by atoms with Crippen molar-refractivity contribution in [2.75, 3.05) is 27.7 Å². The second kappa shape index (κ2) is 7.24. The summed E-state index contributed by atoms with van der Waals surface area (Å²) >= 11 is 0. The van der Waals surface area contributed by atoms with Crippen molar-refractivity contribution in [3.8, 4) is 17.0 Å². The molecule has 1 heterocycles. The largest absolute Gasteiger partial charge is 0.496 e. The molecule has 5 nitrogen and oxygen atoms in total. The molecule has 0 spiro atoms. The van der Waals surface area contributed by atoms with E-state index in [0.717, 1.165) is 23.6 Å². The molecule has 2 rings (SSSR count). The smallest absolute Gasteiger partial charge is 0.255 e. The molecule has 0 aliphatic carbocycles. The van der Waals surface area contributed by atoms with Gasteiger partial charge in [-0.25, -0.2) is 0 Å². The predicted molar refractivity (Wildman–Crippen MR) is 89.1 cm³/mol. The Morgan fingerprint density at radius 2 is 1.91 bits per heavy atom. The molecule has 0 amide bonds. The van der Waals surface area contributed by atoms with Gasteiger partial charge < -0.3 is 19.9 Å². The number of nitrogens with zero attached hydrogens (tertiary/aromatic N) is 2. The minimum atomic E-state index is -0.0345. The highest BCUT2D eigenvalue weighted by atomic mass is 16.5. The van der Waals surface area contributed by atoms with E-state index in [-0.39, 0.29) is 12.1 Å². The molecule has 1 aromatic heterocycles. The lowest BCUT2D eigenvalue weighted by molar-refractivity contribution is 0.381. The van der Waals surface area contributed by atoms with Crippen molar-refractivity contribution in [2.45, 2.75) is 13.1 Å². The van der Waals surface area contributed by atoms with E-state index in [2.05, 4.69) is 0 Å². The Hall–Kier alpha value is -2.11. The maximum Gasteiger partial charge on any atom is 0.255 e. The number of methoxy groups -OCH3 is 1. The van der Waals surface area contributed by atoms with Crippen LogP contribution in [-0.4, -0.2) is 37.2 Å². The number of para-hydroxylation sites is 1. The SMILES string of the molecule is COc1ccccc1-c1ccc(CN)c(=O)n1CCN(C)C. The maximum absolute atomic E-state index is 12.6. The summed E-state index contributed by atoms with van der Waals surface area (Å²) in [7, 11) is 5.61. The molecule has 0 aliphatic rings. The van der Waals surface area contributed by atoms with E-state index in [1.54, 1.807) is 17.7 Å². The number of nitrogens with two attached hydrogens (primary N) is 1. The highest BCUT2D eigenvalue weighted by Gasteiger charge is 2.13. The number of benzene rings is 1. The van der Waals surface area contributed by atoms with Gasteiger partial charge in [-0.1, -0.05) is 18.2 Å². The zero-order chi connectivity index (χ0) is 16.1. The molecule has 0 radical (unpaired) electrons. The molecule has 0 saturated carbocycles. The number of aromatic nitrogens is 1. The molecule has 22 heavy (non-hydrogen) atoms. The predicted octanol–water partition coefficient (Wildman–Crippen LogP) is 1.54. The van der Waals surface area contributed by atoms with Crippen LogP contribution < -0.4 is 16.0 Å². The number of rotatable bonds is 6. The van der Waals surface area contributed by atoms with Crippen LogP contribution in [-0.2, 0) is 13.1 Å². The van der Waals surface area contributed by atoms with Gasteiger partial charge in [0.05, 0.1) is 12.8 Å². The number of ether oxygens (including phenoxy) is 1. The van der Waals surface area contributed by atoms with Gasteiger partial charge in [-0.15, -0.1) is 0 Å². The second-order valence-corrected chi connectivity index (χ2v) is 5.41. The minimum Gasteiger partial charge on any atom is -0.496 e. The van der Waals surface area contributed by atoms with Crippen LogP contribution in [0.25, 0.3) is 11.3 Å². The molecule has 2 aromatic rings. The zero-order valence-electron chi connectivity index (χ0n) is 13.4. The number of hydrogen-bond acceptors (Lipinski definition) is 4. The summed E-state index contributed by atoms with van der Waals surface area (Å²) in [6.45, 7) is 1.62. The van der Waals surface area contributed by atoms with Gasteiger partial charge in [0.2, 0.25) is 0 Å². The Kier molecular flexibility index (Phi) is 5.35. The summed E-state index contributed by atoms with van der Waals surface area (Å²) in [4.78, 5) is 14.7. The lowest BCUT2D eigenvalue weighted by Crippen LogP contribution is -2.30. The topological polar surface area (TPSA) is 60.5 Å². The first kappa shape index (κ1) is 16.3. The third kappa shape index (κ3) is 3.37. The van der Waals surface area contributed by atoms with E-state index in [1.807, 2.05) is 49.3 Å². The molecule has 0 atom stereocenters. The van der Waals surface area contributed by atoms with Gasteiger partial charge in [-0.3, -0.25) is 4.79 Å². The second-order valence-electron chi connectivity index (χ2n) is 5.41. The highest BCUT2D eigenvalue weighted by Crippen LogP contribution is 2.28.